The zero-order chi connectivity index (χ0) is 23.2. The Balaban J connectivity index is 1.27. The summed E-state index contributed by atoms with van der Waals surface area (Å²) in [5, 5.41) is 2.94. The molecule has 4 rings (SSSR count). The molecule has 0 bridgehead atoms. The van der Waals surface area contributed by atoms with Crippen LogP contribution in [0.15, 0.2) is 66.7 Å². The molecule has 4 nitrogen and oxygen atoms in total. The third-order valence-corrected chi connectivity index (χ3v) is 6.66. The molecule has 1 aliphatic heterocycles. The van der Waals surface area contributed by atoms with Gasteiger partial charge >= 0.3 is 0 Å². The molecular weight excluding hydrogens is 435 g/mol. The lowest BCUT2D eigenvalue weighted by Gasteiger charge is -2.26. The van der Waals surface area contributed by atoms with Gasteiger partial charge in [-0.2, -0.15) is 0 Å². The Labute approximate surface area is 198 Å². The van der Waals surface area contributed by atoms with E-state index in [4.69, 9.17) is 4.74 Å². The lowest BCUT2D eigenvalue weighted by Crippen LogP contribution is -2.33. The van der Waals surface area contributed by atoms with E-state index in [0.717, 1.165) is 47.1 Å². The van der Waals surface area contributed by atoms with E-state index in [1.54, 1.807) is 0 Å². The second-order valence-corrected chi connectivity index (χ2v) is 9.71. The maximum absolute atomic E-state index is 13.2. The summed E-state index contributed by atoms with van der Waals surface area (Å²) in [5.74, 6) is 0.546. The molecule has 0 fully saturated rings. The van der Waals surface area contributed by atoms with Gasteiger partial charge in [-0.25, -0.2) is 4.39 Å². The first-order chi connectivity index (χ1) is 16.0. The number of nitrogens with zero attached hydrogens (tertiary/aromatic N) is 1. The van der Waals surface area contributed by atoms with E-state index in [9.17, 15) is 9.18 Å². The second-order valence-electron chi connectivity index (χ2n) is 8.42. The molecule has 0 radical (unpaired) electrons. The highest BCUT2D eigenvalue weighted by atomic mass is 32.1. The summed E-state index contributed by atoms with van der Waals surface area (Å²) in [7, 11) is 0. The molecule has 0 saturated heterocycles. The Morgan fingerprint density at radius 2 is 2.00 bits per heavy atom. The van der Waals surface area contributed by atoms with Gasteiger partial charge in [0.05, 0.1) is 11.4 Å². The molecule has 1 atom stereocenters. The Morgan fingerprint density at radius 3 is 2.70 bits per heavy atom. The molecule has 0 saturated carbocycles. The number of carbonyl (C=O) groups is 1. The van der Waals surface area contributed by atoms with Crippen molar-refractivity contribution in [2.75, 3.05) is 19.6 Å². The molecule has 0 unspecified atom stereocenters. The van der Waals surface area contributed by atoms with Crippen molar-refractivity contribution in [1.29, 1.82) is 0 Å². The third-order valence-electron chi connectivity index (χ3n) is 5.66. The minimum absolute atomic E-state index is 0.0598. The first kappa shape index (κ1) is 23.2. The summed E-state index contributed by atoms with van der Waals surface area (Å²) >= 11 is 1.49. The SMILES string of the molecule is Cc1ccc(C(=O)NC[C@@H](C)Oc2cccc(CN3CC=C(c4ccc(F)cc4)CC3)c2)s1. The van der Waals surface area contributed by atoms with Crippen LogP contribution in [0, 0.1) is 12.7 Å². The van der Waals surface area contributed by atoms with Crippen LogP contribution in [0.5, 0.6) is 5.75 Å². The number of halogens is 1. The zero-order valence-electron chi connectivity index (χ0n) is 19.0. The molecule has 3 aromatic rings. The first-order valence-electron chi connectivity index (χ1n) is 11.2. The fraction of sp³-hybridized carbons (Fsp3) is 0.296. The van der Waals surface area contributed by atoms with Crippen LogP contribution in [0.25, 0.3) is 5.57 Å². The van der Waals surface area contributed by atoms with Crippen molar-refractivity contribution in [3.05, 3.63) is 93.4 Å². The van der Waals surface area contributed by atoms with E-state index in [-0.39, 0.29) is 17.8 Å². The monoisotopic (exact) mass is 464 g/mol. The Bertz CT molecular complexity index is 1120. The van der Waals surface area contributed by atoms with Crippen LogP contribution in [0.1, 0.15) is 39.0 Å². The molecular formula is C27H29FN2O2S. The number of hydrogen-bond acceptors (Lipinski definition) is 4. The maximum atomic E-state index is 13.2. The Morgan fingerprint density at radius 1 is 1.18 bits per heavy atom. The second kappa shape index (κ2) is 10.8. The lowest BCUT2D eigenvalue weighted by molar-refractivity contribution is 0.0936. The topological polar surface area (TPSA) is 41.6 Å². The molecule has 1 N–H and O–H groups in total. The van der Waals surface area contributed by atoms with Crippen LogP contribution in [0.3, 0.4) is 0 Å². The molecule has 6 heteroatoms. The summed E-state index contributed by atoms with van der Waals surface area (Å²) < 4.78 is 19.2. The van der Waals surface area contributed by atoms with Crippen molar-refractivity contribution < 1.29 is 13.9 Å². The molecule has 1 aliphatic rings. The van der Waals surface area contributed by atoms with Crippen molar-refractivity contribution in [2.45, 2.75) is 32.9 Å². The van der Waals surface area contributed by atoms with E-state index in [2.05, 4.69) is 28.4 Å². The van der Waals surface area contributed by atoms with E-state index in [1.807, 2.05) is 50.2 Å². The summed E-state index contributed by atoms with van der Waals surface area (Å²) in [5.41, 5.74) is 3.56. The highest BCUT2D eigenvalue weighted by Gasteiger charge is 2.15. The summed E-state index contributed by atoms with van der Waals surface area (Å²) in [6, 6.07) is 18.7. The van der Waals surface area contributed by atoms with Crippen LogP contribution in [0.4, 0.5) is 4.39 Å². The van der Waals surface area contributed by atoms with Gasteiger partial charge in [-0.3, -0.25) is 9.69 Å². The van der Waals surface area contributed by atoms with Gasteiger partial charge < -0.3 is 10.1 Å². The van der Waals surface area contributed by atoms with E-state index in [1.165, 1.54) is 34.6 Å². The minimum Gasteiger partial charge on any atom is -0.489 e. The van der Waals surface area contributed by atoms with Gasteiger partial charge in [0.25, 0.3) is 5.91 Å². The average Bonchev–Trinajstić information content (AvgIpc) is 3.25. The Kier molecular flexibility index (Phi) is 7.57. The van der Waals surface area contributed by atoms with E-state index in [0.29, 0.717) is 6.54 Å². The van der Waals surface area contributed by atoms with Crippen LogP contribution < -0.4 is 10.1 Å². The van der Waals surface area contributed by atoms with Gasteiger partial charge in [0.1, 0.15) is 17.7 Å². The molecule has 1 amide bonds. The van der Waals surface area contributed by atoms with E-state index < -0.39 is 0 Å². The highest BCUT2D eigenvalue weighted by molar-refractivity contribution is 7.13. The molecule has 0 aliphatic carbocycles. The largest absolute Gasteiger partial charge is 0.489 e. The number of amides is 1. The number of thiophene rings is 1. The average molecular weight is 465 g/mol. The predicted molar refractivity (Wildman–Crippen MR) is 132 cm³/mol. The third kappa shape index (κ3) is 6.53. The van der Waals surface area contributed by atoms with Crippen LogP contribution >= 0.6 is 11.3 Å². The van der Waals surface area contributed by atoms with Crippen LogP contribution in [-0.4, -0.2) is 36.5 Å². The molecule has 1 aromatic heterocycles. The van der Waals surface area contributed by atoms with Crippen molar-refractivity contribution in [3.8, 4) is 5.75 Å². The number of ether oxygens (including phenoxy) is 1. The quantitative estimate of drug-likeness (QED) is 0.466. The first-order valence-corrected chi connectivity index (χ1v) is 12.1. The number of carbonyl (C=O) groups excluding carboxylic acids is 1. The number of aryl methyl sites for hydroxylation is 1. The standard InChI is InChI=1S/C27H29FN2O2S/c1-19(17-29-27(31)26-11-6-20(2)33-26)32-25-5-3-4-21(16-25)18-30-14-12-23(13-15-30)22-7-9-24(28)10-8-22/h3-12,16,19H,13-15,17-18H2,1-2H3,(H,29,31)/t19-/m1/s1. The Hall–Kier alpha value is -2.96. The summed E-state index contributed by atoms with van der Waals surface area (Å²) in [4.78, 5) is 16.5. The molecule has 0 spiro atoms. The van der Waals surface area contributed by atoms with Gasteiger partial charge in [0, 0.05) is 24.5 Å². The number of hydrogen-bond donors (Lipinski definition) is 1. The van der Waals surface area contributed by atoms with Crippen LogP contribution in [0.2, 0.25) is 0 Å². The number of benzene rings is 2. The van der Waals surface area contributed by atoms with Gasteiger partial charge in [-0.05, 0) is 73.4 Å². The smallest absolute Gasteiger partial charge is 0.261 e. The van der Waals surface area contributed by atoms with Crippen molar-refractivity contribution in [1.82, 2.24) is 10.2 Å². The van der Waals surface area contributed by atoms with Crippen molar-refractivity contribution in [2.24, 2.45) is 0 Å². The lowest BCUT2D eigenvalue weighted by atomic mass is 9.99. The number of rotatable bonds is 8. The van der Waals surface area contributed by atoms with Crippen molar-refractivity contribution in [3.63, 3.8) is 0 Å². The van der Waals surface area contributed by atoms with Gasteiger partial charge in [-0.1, -0.05) is 30.3 Å². The van der Waals surface area contributed by atoms with E-state index >= 15 is 0 Å². The van der Waals surface area contributed by atoms with Gasteiger partial charge in [-0.15, -0.1) is 11.3 Å². The molecule has 172 valence electrons. The summed E-state index contributed by atoms with van der Waals surface area (Å²) in [6.07, 6.45) is 3.04. The fourth-order valence-corrected chi connectivity index (χ4v) is 4.69. The van der Waals surface area contributed by atoms with Gasteiger partial charge in [0.2, 0.25) is 0 Å². The van der Waals surface area contributed by atoms with Crippen LogP contribution in [-0.2, 0) is 6.54 Å². The fourth-order valence-electron chi connectivity index (χ4n) is 3.91. The predicted octanol–water partition coefficient (Wildman–Crippen LogP) is 5.68. The molecule has 2 aromatic carbocycles. The van der Waals surface area contributed by atoms with Crippen molar-refractivity contribution >= 4 is 22.8 Å². The zero-order valence-corrected chi connectivity index (χ0v) is 19.8. The van der Waals surface area contributed by atoms with Gasteiger partial charge in [0.15, 0.2) is 0 Å². The normalized spacial score (nSPS) is 15.1. The minimum atomic E-state index is -0.201. The molecule has 2 heterocycles. The highest BCUT2D eigenvalue weighted by Crippen LogP contribution is 2.24. The molecule has 33 heavy (non-hydrogen) atoms. The summed E-state index contributed by atoms with van der Waals surface area (Å²) in [6.45, 7) is 7.06. The maximum Gasteiger partial charge on any atom is 0.261 e. The number of nitrogens with one attached hydrogen (secondary N) is 1.